The fraction of sp³-hybridized carbons (Fsp3) is 0.188. The van der Waals surface area contributed by atoms with E-state index in [2.05, 4.69) is 9.97 Å². The van der Waals surface area contributed by atoms with E-state index in [4.69, 9.17) is 0 Å². The van der Waals surface area contributed by atoms with Crippen LogP contribution in [0.1, 0.15) is 28.9 Å². The number of rotatable bonds is 1. The maximum absolute atomic E-state index is 13.6. The fourth-order valence-electron chi connectivity index (χ4n) is 3.04. The number of fused-ring (bicyclic) bond motifs is 3. The second kappa shape index (κ2) is 4.48. The first-order valence-corrected chi connectivity index (χ1v) is 6.89. The summed E-state index contributed by atoms with van der Waals surface area (Å²) in [4.78, 5) is 20.8. The summed E-state index contributed by atoms with van der Waals surface area (Å²) in [6.07, 6.45) is 5.41. The molecule has 0 saturated carbocycles. The van der Waals surface area contributed by atoms with Gasteiger partial charge in [0, 0.05) is 35.5 Å². The van der Waals surface area contributed by atoms with Gasteiger partial charge in [0.15, 0.2) is 5.78 Å². The van der Waals surface area contributed by atoms with E-state index in [1.165, 1.54) is 12.1 Å². The Hall–Kier alpha value is -2.56. The van der Waals surface area contributed by atoms with Gasteiger partial charge in [-0.3, -0.25) is 9.36 Å². The monoisotopic (exact) mass is 281 g/mol. The molecule has 2 heterocycles. The van der Waals surface area contributed by atoms with E-state index in [-0.39, 0.29) is 11.6 Å². The number of aromatic nitrogens is 3. The van der Waals surface area contributed by atoms with E-state index in [0.717, 1.165) is 24.1 Å². The van der Waals surface area contributed by atoms with Gasteiger partial charge in [0.2, 0.25) is 5.95 Å². The molecule has 0 radical (unpaired) electrons. The summed E-state index contributed by atoms with van der Waals surface area (Å²) in [5, 5.41) is 0.655. The molecule has 0 unspecified atom stereocenters. The van der Waals surface area contributed by atoms with Gasteiger partial charge in [-0.25, -0.2) is 14.4 Å². The van der Waals surface area contributed by atoms with Gasteiger partial charge in [0.1, 0.15) is 5.82 Å². The molecule has 0 spiro atoms. The van der Waals surface area contributed by atoms with Crippen molar-refractivity contribution in [2.24, 2.45) is 0 Å². The number of hydrogen-bond donors (Lipinski definition) is 0. The van der Waals surface area contributed by atoms with Crippen molar-refractivity contribution in [2.45, 2.75) is 19.3 Å². The zero-order valence-electron chi connectivity index (χ0n) is 11.2. The van der Waals surface area contributed by atoms with Crippen LogP contribution in [0, 0.1) is 5.82 Å². The quantitative estimate of drug-likeness (QED) is 0.688. The molecule has 0 fully saturated rings. The van der Waals surface area contributed by atoms with Crippen molar-refractivity contribution in [1.82, 2.24) is 14.5 Å². The van der Waals surface area contributed by atoms with E-state index < -0.39 is 0 Å². The summed E-state index contributed by atoms with van der Waals surface area (Å²) >= 11 is 0. The SMILES string of the molecule is O=C1CCCc2c1c1cc(F)ccc1n2-c1ncccn1. The number of ketones is 1. The lowest BCUT2D eigenvalue weighted by molar-refractivity contribution is 0.0973. The Bertz CT molecular complexity index is 855. The highest BCUT2D eigenvalue weighted by Crippen LogP contribution is 2.33. The standard InChI is InChI=1S/C16H12FN3O/c17-10-5-6-12-11(9-10)15-13(3-1-4-14(15)21)20(12)16-18-7-2-8-19-16/h2,5-9H,1,3-4H2. The molecule has 1 aliphatic carbocycles. The van der Waals surface area contributed by atoms with Crippen LogP contribution in [-0.2, 0) is 6.42 Å². The average Bonchev–Trinajstić information content (AvgIpc) is 2.83. The number of hydrogen-bond acceptors (Lipinski definition) is 3. The first-order chi connectivity index (χ1) is 10.3. The molecule has 4 rings (SSSR count). The summed E-state index contributed by atoms with van der Waals surface area (Å²) in [6.45, 7) is 0. The van der Waals surface area contributed by atoms with Crippen LogP contribution in [0.3, 0.4) is 0 Å². The Morgan fingerprint density at radius 3 is 2.76 bits per heavy atom. The maximum Gasteiger partial charge on any atom is 0.234 e. The Morgan fingerprint density at radius 1 is 1.14 bits per heavy atom. The molecule has 0 amide bonds. The molecule has 0 atom stereocenters. The summed E-state index contributed by atoms with van der Waals surface area (Å²) in [7, 11) is 0. The second-order valence-electron chi connectivity index (χ2n) is 5.14. The number of nitrogens with zero attached hydrogens (tertiary/aromatic N) is 3. The van der Waals surface area contributed by atoms with Gasteiger partial charge in [-0.15, -0.1) is 0 Å². The Labute approximate surface area is 120 Å². The molecule has 0 bridgehead atoms. The molecule has 21 heavy (non-hydrogen) atoms. The largest absolute Gasteiger partial charge is 0.294 e. The second-order valence-corrected chi connectivity index (χ2v) is 5.14. The molecular formula is C16H12FN3O. The number of carbonyl (C=O) groups excluding carboxylic acids is 1. The Morgan fingerprint density at radius 2 is 1.95 bits per heavy atom. The van der Waals surface area contributed by atoms with E-state index in [1.54, 1.807) is 24.5 Å². The van der Waals surface area contributed by atoms with Crippen molar-refractivity contribution in [3.63, 3.8) is 0 Å². The highest BCUT2D eigenvalue weighted by Gasteiger charge is 2.27. The Kier molecular flexibility index (Phi) is 2.60. The summed E-state index contributed by atoms with van der Waals surface area (Å²) in [5.74, 6) is 0.251. The third-order valence-electron chi connectivity index (χ3n) is 3.88. The predicted octanol–water partition coefficient (Wildman–Crippen LogP) is 3.08. The summed E-state index contributed by atoms with van der Waals surface area (Å²) < 4.78 is 15.5. The van der Waals surface area contributed by atoms with Crippen LogP contribution in [-0.4, -0.2) is 20.3 Å². The number of carbonyl (C=O) groups is 1. The lowest BCUT2D eigenvalue weighted by Crippen LogP contribution is -2.13. The number of halogens is 1. The van der Waals surface area contributed by atoms with Gasteiger partial charge in [0.05, 0.1) is 5.52 Å². The van der Waals surface area contributed by atoms with Crippen molar-refractivity contribution in [2.75, 3.05) is 0 Å². The first-order valence-electron chi connectivity index (χ1n) is 6.89. The molecule has 3 aromatic rings. The number of Topliss-reactive ketones (excluding diaryl/α,β-unsaturated/α-hetero) is 1. The van der Waals surface area contributed by atoms with Gasteiger partial charge in [0.25, 0.3) is 0 Å². The highest BCUT2D eigenvalue weighted by molar-refractivity contribution is 6.10. The molecule has 2 aromatic heterocycles. The zero-order valence-corrected chi connectivity index (χ0v) is 11.2. The summed E-state index contributed by atoms with van der Waals surface area (Å²) in [6, 6.07) is 6.26. The molecule has 0 aliphatic heterocycles. The van der Waals surface area contributed by atoms with Crippen LogP contribution < -0.4 is 0 Å². The number of benzene rings is 1. The van der Waals surface area contributed by atoms with Crippen LogP contribution >= 0.6 is 0 Å². The fourth-order valence-corrected chi connectivity index (χ4v) is 3.04. The molecule has 0 saturated heterocycles. The van der Waals surface area contributed by atoms with Crippen molar-refractivity contribution in [3.8, 4) is 5.95 Å². The first kappa shape index (κ1) is 12.2. The van der Waals surface area contributed by atoms with Crippen LogP contribution in [0.5, 0.6) is 0 Å². The van der Waals surface area contributed by atoms with Crippen molar-refractivity contribution >= 4 is 16.7 Å². The van der Waals surface area contributed by atoms with E-state index >= 15 is 0 Å². The van der Waals surface area contributed by atoms with E-state index in [1.807, 2.05) is 4.57 Å². The van der Waals surface area contributed by atoms with Gasteiger partial charge in [-0.05, 0) is 37.1 Å². The molecule has 1 aromatic carbocycles. The minimum Gasteiger partial charge on any atom is -0.294 e. The van der Waals surface area contributed by atoms with E-state index in [9.17, 15) is 9.18 Å². The predicted molar refractivity (Wildman–Crippen MR) is 76.1 cm³/mol. The smallest absolute Gasteiger partial charge is 0.234 e. The third-order valence-corrected chi connectivity index (χ3v) is 3.88. The minimum atomic E-state index is -0.338. The summed E-state index contributed by atoms with van der Waals surface area (Å²) in [5.41, 5.74) is 2.30. The molecular weight excluding hydrogens is 269 g/mol. The van der Waals surface area contributed by atoms with Crippen molar-refractivity contribution < 1.29 is 9.18 Å². The van der Waals surface area contributed by atoms with Crippen LogP contribution in [0.2, 0.25) is 0 Å². The lowest BCUT2D eigenvalue weighted by Gasteiger charge is -2.13. The molecule has 5 heteroatoms. The minimum absolute atomic E-state index is 0.0709. The lowest BCUT2D eigenvalue weighted by atomic mass is 9.94. The molecule has 4 nitrogen and oxygen atoms in total. The normalized spacial score (nSPS) is 14.4. The Balaban J connectivity index is 2.13. The van der Waals surface area contributed by atoms with Crippen molar-refractivity contribution in [1.29, 1.82) is 0 Å². The van der Waals surface area contributed by atoms with Crippen LogP contribution in [0.15, 0.2) is 36.7 Å². The molecule has 1 aliphatic rings. The van der Waals surface area contributed by atoms with Gasteiger partial charge < -0.3 is 0 Å². The van der Waals surface area contributed by atoms with E-state index in [0.29, 0.717) is 23.3 Å². The highest BCUT2D eigenvalue weighted by atomic mass is 19.1. The van der Waals surface area contributed by atoms with Crippen molar-refractivity contribution in [3.05, 3.63) is 53.7 Å². The van der Waals surface area contributed by atoms with Gasteiger partial charge in [-0.1, -0.05) is 0 Å². The third kappa shape index (κ3) is 1.77. The topological polar surface area (TPSA) is 47.8 Å². The van der Waals surface area contributed by atoms with Gasteiger partial charge in [-0.2, -0.15) is 0 Å². The maximum atomic E-state index is 13.6. The van der Waals surface area contributed by atoms with Gasteiger partial charge >= 0.3 is 0 Å². The molecule has 104 valence electrons. The average molecular weight is 281 g/mol. The van der Waals surface area contributed by atoms with Crippen LogP contribution in [0.25, 0.3) is 16.9 Å². The zero-order chi connectivity index (χ0) is 14.4. The van der Waals surface area contributed by atoms with Crippen LogP contribution in [0.4, 0.5) is 4.39 Å². The molecule has 0 N–H and O–H groups in total.